The van der Waals surface area contributed by atoms with Crippen molar-refractivity contribution in [3.05, 3.63) is 72.6 Å². The van der Waals surface area contributed by atoms with Crippen LogP contribution in [0.5, 0.6) is 5.75 Å². The van der Waals surface area contributed by atoms with Gasteiger partial charge in [0.05, 0.1) is 34.3 Å². The van der Waals surface area contributed by atoms with Gasteiger partial charge in [-0.3, -0.25) is 14.5 Å². The van der Waals surface area contributed by atoms with E-state index in [0.29, 0.717) is 24.5 Å². The summed E-state index contributed by atoms with van der Waals surface area (Å²) in [7, 11) is -6.23. The molecule has 1 saturated heterocycles. The minimum atomic E-state index is -3.85. The molecule has 37 heavy (non-hydrogen) atoms. The van der Waals surface area contributed by atoms with E-state index < -0.39 is 26.0 Å². The molecule has 0 radical (unpaired) electrons. The van der Waals surface area contributed by atoms with Gasteiger partial charge in [-0.25, -0.2) is 16.8 Å². The molecule has 12 heteroatoms. The van der Waals surface area contributed by atoms with E-state index in [1.165, 1.54) is 66.3 Å². The molecule has 2 aromatic carbocycles. The van der Waals surface area contributed by atoms with Gasteiger partial charge >= 0.3 is 0 Å². The summed E-state index contributed by atoms with van der Waals surface area (Å²) >= 11 is 0. The van der Waals surface area contributed by atoms with Gasteiger partial charge in [-0.15, -0.1) is 0 Å². The Balaban J connectivity index is 1.53. The molecule has 0 atom stereocenters. The van der Waals surface area contributed by atoms with Crippen LogP contribution < -0.4 is 14.8 Å². The van der Waals surface area contributed by atoms with Crippen molar-refractivity contribution in [1.82, 2.24) is 9.29 Å². The summed E-state index contributed by atoms with van der Waals surface area (Å²) in [5, 5.41) is 2.68. The number of aromatic nitrogens is 1. The molecule has 0 unspecified atom stereocenters. The number of methoxy groups -OCH3 is 1. The van der Waals surface area contributed by atoms with E-state index in [-0.39, 0.29) is 21.1 Å². The molecule has 0 aliphatic carbocycles. The molecular formula is C25H28N4O6S2. The lowest BCUT2D eigenvalue weighted by atomic mass is 10.2. The molecule has 1 fully saturated rings. The Morgan fingerprint density at radius 2 is 1.57 bits per heavy atom. The van der Waals surface area contributed by atoms with Gasteiger partial charge in [0, 0.05) is 25.0 Å². The first-order chi connectivity index (χ1) is 17.7. The van der Waals surface area contributed by atoms with Crippen LogP contribution in [0.25, 0.3) is 0 Å². The van der Waals surface area contributed by atoms with Crippen LogP contribution in [-0.2, 0) is 20.0 Å². The number of hydrogen-bond acceptors (Lipinski definition) is 7. The number of rotatable bonds is 8. The predicted octanol–water partition coefficient (Wildman–Crippen LogP) is 3.71. The van der Waals surface area contributed by atoms with Crippen molar-refractivity contribution in [1.29, 1.82) is 0 Å². The molecule has 0 saturated carbocycles. The molecule has 0 bridgehead atoms. The SMILES string of the molecule is COc1ccc(S(=O)(=O)N2CCCCCC2)cc1C(=O)Nc1ccc(S(=O)(=O)Nc2cccnc2)cc1. The number of nitrogens with one attached hydrogen (secondary N) is 2. The molecular weight excluding hydrogens is 516 g/mol. The smallest absolute Gasteiger partial charge is 0.261 e. The van der Waals surface area contributed by atoms with Gasteiger partial charge in [0.1, 0.15) is 5.75 Å². The summed E-state index contributed by atoms with van der Waals surface area (Å²) in [5.41, 5.74) is 0.698. The highest BCUT2D eigenvalue weighted by atomic mass is 32.2. The van der Waals surface area contributed by atoms with Crippen LogP contribution in [-0.4, -0.2) is 52.2 Å². The average molecular weight is 545 g/mol. The maximum Gasteiger partial charge on any atom is 0.261 e. The van der Waals surface area contributed by atoms with Gasteiger partial charge in [0.15, 0.2) is 0 Å². The number of hydrogen-bond donors (Lipinski definition) is 2. The minimum absolute atomic E-state index is 0.00234. The first-order valence-electron chi connectivity index (χ1n) is 11.7. The topological polar surface area (TPSA) is 135 Å². The molecule has 1 aliphatic heterocycles. The van der Waals surface area contributed by atoms with Gasteiger partial charge in [-0.1, -0.05) is 12.8 Å². The quantitative estimate of drug-likeness (QED) is 0.441. The number of ether oxygens (including phenoxy) is 1. The summed E-state index contributed by atoms with van der Waals surface area (Å²) in [6.45, 7) is 0.890. The molecule has 2 heterocycles. The Bertz CT molecular complexity index is 1450. The summed E-state index contributed by atoms with van der Waals surface area (Å²) in [6.07, 6.45) is 6.49. The van der Waals surface area contributed by atoms with Crippen molar-refractivity contribution in [2.24, 2.45) is 0 Å². The second kappa shape index (κ2) is 11.3. The van der Waals surface area contributed by atoms with E-state index >= 15 is 0 Å². The Kier molecular flexibility index (Phi) is 8.10. The summed E-state index contributed by atoms with van der Waals surface area (Å²) < 4.78 is 60.9. The third-order valence-electron chi connectivity index (χ3n) is 5.95. The van der Waals surface area contributed by atoms with Gasteiger partial charge in [-0.2, -0.15) is 4.31 Å². The molecule has 4 rings (SSSR count). The minimum Gasteiger partial charge on any atom is -0.496 e. The van der Waals surface area contributed by atoms with Gasteiger partial charge in [0.2, 0.25) is 10.0 Å². The van der Waals surface area contributed by atoms with Crippen LogP contribution in [0.15, 0.2) is 76.8 Å². The summed E-state index contributed by atoms with van der Waals surface area (Å²) in [4.78, 5) is 17.0. The number of amides is 1. The number of pyridine rings is 1. The summed E-state index contributed by atoms with van der Waals surface area (Å²) in [5.74, 6) is -0.374. The zero-order chi connectivity index (χ0) is 26.5. The maximum absolute atomic E-state index is 13.2. The third-order valence-corrected chi connectivity index (χ3v) is 9.25. The lowest BCUT2D eigenvalue weighted by Gasteiger charge is -2.20. The van der Waals surface area contributed by atoms with E-state index in [1.54, 1.807) is 12.1 Å². The van der Waals surface area contributed by atoms with Crippen LogP contribution in [0.2, 0.25) is 0 Å². The lowest BCUT2D eigenvalue weighted by molar-refractivity contribution is 0.102. The Morgan fingerprint density at radius 1 is 0.892 bits per heavy atom. The van der Waals surface area contributed by atoms with Crippen molar-refractivity contribution in [2.75, 3.05) is 30.2 Å². The highest BCUT2D eigenvalue weighted by molar-refractivity contribution is 7.92. The molecule has 1 aromatic heterocycles. The van der Waals surface area contributed by atoms with Crippen LogP contribution in [0.1, 0.15) is 36.0 Å². The first kappa shape index (κ1) is 26.6. The van der Waals surface area contributed by atoms with E-state index in [0.717, 1.165) is 25.7 Å². The zero-order valence-corrected chi connectivity index (χ0v) is 21.9. The molecule has 0 spiro atoms. The van der Waals surface area contributed by atoms with Gasteiger partial charge in [-0.05, 0) is 67.4 Å². The Morgan fingerprint density at radius 3 is 2.19 bits per heavy atom. The number of nitrogens with zero attached hydrogens (tertiary/aromatic N) is 2. The highest BCUT2D eigenvalue weighted by Gasteiger charge is 2.27. The average Bonchev–Trinajstić information content (AvgIpc) is 3.19. The van der Waals surface area contributed by atoms with E-state index in [2.05, 4.69) is 15.0 Å². The molecule has 10 nitrogen and oxygen atoms in total. The van der Waals surface area contributed by atoms with Crippen molar-refractivity contribution < 1.29 is 26.4 Å². The van der Waals surface area contributed by atoms with Crippen LogP contribution in [0, 0.1) is 0 Å². The normalized spacial score (nSPS) is 14.9. The standard InChI is InChI=1S/C25H28N4O6S2/c1-35-24-13-12-22(37(33,34)29-15-4-2-3-5-16-29)17-23(24)25(30)27-19-8-10-21(11-9-19)36(31,32)28-20-7-6-14-26-18-20/h6-14,17-18,28H,2-5,15-16H2,1H3,(H,27,30). The fourth-order valence-electron chi connectivity index (χ4n) is 4.01. The third kappa shape index (κ3) is 6.27. The number of anilines is 2. The molecule has 196 valence electrons. The second-order valence-corrected chi connectivity index (χ2v) is 12.1. The fourth-order valence-corrected chi connectivity index (χ4v) is 6.60. The van der Waals surface area contributed by atoms with E-state index in [9.17, 15) is 21.6 Å². The molecule has 2 N–H and O–H groups in total. The van der Waals surface area contributed by atoms with Crippen molar-refractivity contribution >= 4 is 37.3 Å². The van der Waals surface area contributed by atoms with Crippen molar-refractivity contribution in [2.45, 2.75) is 35.5 Å². The van der Waals surface area contributed by atoms with Gasteiger partial charge in [0.25, 0.3) is 15.9 Å². The molecule has 1 amide bonds. The predicted molar refractivity (Wildman–Crippen MR) is 140 cm³/mol. The van der Waals surface area contributed by atoms with Gasteiger partial charge < -0.3 is 10.1 Å². The molecule has 1 aliphatic rings. The highest BCUT2D eigenvalue weighted by Crippen LogP contribution is 2.27. The number of carbonyl (C=O) groups is 1. The van der Waals surface area contributed by atoms with Crippen LogP contribution in [0.4, 0.5) is 11.4 Å². The van der Waals surface area contributed by atoms with Crippen molar-refractivity contribution in [3.63, 3.8) is 0 Å². The maximum atomic E-state index is 13.2. The Hall–Kier alpha value is -3.48. The second-order valence-electron chi connectivity index (χ2n) is 8.51. The number of benzene rings is 2. The fraction of sp³-hybridized carbons (Fsp3) is 0.280. The summed E-state index contributed by atoms with van der Waals surface area (Å²) in [6, 6.07) is 13.0. The Labute approximate surface area is 216 Å². The van der Waals surface area contributed by atoms with E-state index in [4.69, 9.17) is 4.74 Å². The number of sulfonamides is 2. The van der Waals surface area contributed by atoms with Crippen LogP contribution in [0.3, 0.4) is 0 Å². The lowest BCUT2D eigenvalue weighted by Crippen LogP contribution is -2.32. The van der Waals surface area contributed by atoms with Crippen molar-refractivity contribution in [3.8, 4) is 5.75 Å². The molecule has 3 aromatic rings. The monoisotopic (exact) mass is 544 g/mol. The first-order valence-corrected chi connectivity index (χ1v) is 14.7. The number of carbonyl (C=O) groups excluding carboxylic acids is 1. The zero-order valence-electron chi connectivity index (χ0n) is 20.3. The van der Waals surface area contributed by atoms with Crippen LogP contribution >= 0.6 is 0 Å². The largest absolute Gasteiger partial charge is 0.496 e. The van der Waals surface area contributed by atoms with E-state index in [1.807, 2.05) is 0 Å².